The second-order valence-corrected chi connectivity index (χ2v) is 9.38. The summed E-state index contributed by atoms with van der Waals surface area (Å²) in [6.07, 6.45) is -1.91. The Morgan fingerprint density at radius 1 is 1.03 bits per heavy atom. The zero-order valence-electron chi connectivity index (χ0n) is 18.2. The van der Waals surface area contributed by atoms with E-state index in [-0.39, 0.29) is 36.7 Å². The van der Waals surface area contributed by atoms with Gasteiger partial charge in [-0.2, -0.15) is 13.2 Å². The molecule has 0 radical (unpaired) electrons. The molecular formula is C26H23Cl2F3N2O. The van der Waals surface area contributed by atoms with Gasteiger partial charge in [0.15, 0.2) is 0 Å². The van der Waals surface area contributed by atoms with Crippen molar-refractivity contribution in [3.63, 3.8) is 0 Å². The quantitative estimate of drug-likeness (QED) is 0.340. The fraction of sp³-hybridized carbons (Fsp3) is 0.269. The molecule has 4 rings (SSSR count). The number of rotatable bonds is 7. The molecule has 0 atom stereocenters. The number of anilines is 1. The first kappa shape index (κ1) is 24.4. The van der Waals surface area contributed by atoms with Crippen molar-refractivity contribution < 1.29 is 18.0 Å². The molecule has 178 valence electrons. The van der Waals surface area contributed by atoms with Crippen molar-refractivity contribution in [3.05, 3.63) is 98.5 Å². The number of hydrogen-bond donors (Lipinski definition) is 1. The maximum absolute atomic E-state index is 13.4. The molecule has 1 aliphatic rings. The standard InChI is InChI=1S/C26H23Cl2F3N2O/c27-21-8-9-24(32)22(14-21)25(34)33(11-10-16-2-1-3-20(12-16)26(29,30)31)15-19-7-6-18(13-23(19)28)17-4-5-17/h1-3,6-9,12-14,17H,4-5,10-11,15,32H2. The smallest absolute Gasteiger partial charge is 0.398 e. The van der Waals surface area contributed by atoms with E-state index in [2.05, 4.69) is 0 Å². The molecule has 0 bridgehead atoms. The van der Waals surface area contributed by atoms with Gasteiger partial charge in [-0.25, -0.2) is 0 Å². The molecule has 0 saturated heterocycles. The Hall–Kier alpha value is -2.70. The molecule has 8 heteroatoms. The zero-order valence-corrected chi connectivity index (χ0v) is 19.7. The number of nitrogens with two attached hydrogens (primary N) is 1. The summed E-state index contributed by atoms with van der Waals surface area (Å²) in [6, 6.07) is 15.6. The van der Waals surface area contributed by atoms with Crippen molar-refractivity contribution in [2.24, 2.45) is 0 Å². The van der Waals surface area contributed by atoms with E-state index >= 15 is 0 Å². The van der Waals surface area contributed by atoms with Crippen LogP contribution in [0.1, 0.15) is 51.4 Å². The van der Waals surface area contributed by atoms with Gasteiger partial charge in [-0.1, -0.05) is 53.5 Å². The van der Waals surface area contributed by atoms with E-state index < -0.39 is 11.7 Å². The molecule has 1 aliphatic carbocycles. The summed E-state index contributed by atoms with van der Waals surface area (Å²) < 4.78 is 39.4. The first-order valence-electron chi connectivity index (χ1n) is 10.9. The Kier molecular flexibility index (Phi) is 7.10. The highest BCUT2D eigenvalue weighted by molar-refractivity contribution is 6.31. The van der Waals surface area contributed by atoms with Crippen LogP contribution in [0.15, 0.2) is 60.7 Å². The summed E-state index contributed by atoms with van der Waals surface area (Å²) in [5, 5.41) is 0.919. The molecule has 2 N–H and O–H groups in total. The fourth-order valence-electron chi connectivity index (χ4n) is 3.87. The summed E-state index contributed by atoms with van der Waals surface area (Å²) >= 11 is 12.6. The van der Waals surface area contributed by atoms with Gasteiger partial charge in [-0.05, 0) is 72.2 Å². The summed E-state index contributed by atoms with van der Waals surface area (Å²) in [5.74, 6) is 0.172. The van der Waals surface area contributed by atoms with Crippen molar-refractivity contribution in [3.8, 4) is 0 Å². The predicted molar refractivity (Wildman–Crippen MR) is 129 cm³/mol. The minimum absolute atomic E-state index is 0.173. The molecule has 34 heavy (non-hydrogen) atoms. The number of nitrogens with zero attached hydrogens (tertiary/aromatic N) is 1. The van der Waals surface area contributed by atoms with Crippen LogP contribution in [-0.4, -0.2) is 17.4 Å². The van der Waals surface area contributed by atoms with Gasteiger partial charge in [-0.3, -0.25) is 4.79 Å². The normalized spacial score (nSPS) is 13.7. The molecule has 0 unspecified atom stereocenters. The molecule has 0 aliphatic heterocycles. The van der Waals surface area contributed by atoms with Gasteiger partial charge >= 0.3 is 6.18 Å². The minimum atomic E-state index is -4.43. The maximum Gasteiger partial charge on any atom is 0.416 e. The lowest BCUT2D eigenvalue weighted by Gasteiger charge is -2.25. The Labute approximate surface area is 206 Å². The number of alkyl halides is 3. The summed E-state index contributed by atoms with van der Waals surface area (Å²) in [5.41, 5.74) is 8.22. The molecule has 1 saturated carbocycles. The lowest BCUT2D eigenvalue weighted by molar-refractivity contribution is -0.137. The van der Waals surface area contributed by atoms with E-state index in [9.17, 15) is 18.0 Å². The second kappa shape index (κ2) is 9.88. The number of carbonyl (C=O) groups is 1. The largest absolute Gasteiger partial charge is 0.416 e. The van der Waals surface area contributed by atoms with Crippen LogP contribution >= 0.6 is 23.2 Å². The summed E-state index contributed by atoms with van der Waals surface area (Å²) in [7, 11) is 0. The van der Waals surface area contributed by atoms with E-state index in [1.54, 1.807) is 23.1 Å². The fourth-order valence-corrected chi connectivity index (χ4v) is 4.29. The second-order valence-electron chi connectivity index (χ2n) is 8.53. The Bertz CT molecular complexity index is 1210. The highest BCUT2D eigenvalue weighted by Gasteiger charge is 2.30. The molecule has 1 amide bonds. The van der Waals surface area contributed by atoms with Crippen molar-refractivity contribution in [1.82, 2.24) is 4.90 Å². The van der Waals surface area contributed by atoms with Crippen LogP contribution in [0, 0.1) is 0 Å². The van der Waals surface area contributed by atoms with Gasteiger partial charge in [0.1, 0.15) is 0 Å². The van der Waals surface area contributed by atoms with E-state index in [0.29, 0.717) is 21.5 Å². The SMILES string of the molecule is Nc1ccc(Cl)cc1C(=O)N(CCc1cccc(C(F)(F)F)c1)Cc1ccc(C2CC2)cc1Cl. The summed E-state index contributed by atoms with van der Waals surface area (Å²) in [4.78, 5) is 15.0. The topological polar surface area (TPSA) is 46.3 Å². The third-order valence-electron chi connectivity index (χ3n) is 5.94. The van der Waals surface area contributed by atoms with E-state index in [1.807, 2.05) is 18.2 Å². The van der Waals surface area contributed by atoms with Crippen molar-refractivity contribution in [2.45, 2.75) is 37.9 Å². The summed E-state index contributed by atoms with van der Waals surface area (Å²) in [6.45, 7) is 0.361. The number of halogens is 5. The minimum Gasteiger partial charge on any atom is -0.398 e. The molecular weight excluding hydrogens is 484 g/mol. The van der Waals surface area contributed by atoms with E-state index in [4.69, 9.17) is 28.9 Å². The third kappa shape index (κ3) is 5.86. The predicted octanol–water partition coefficient (Wildman–Crippen LogP) is 7.36. The maximum atomic E-state index is 13.4. The monoisotopic (exact) mass is 506 g/mol. The molecule has 0 spiro atoms. The lowest BCUT2D eigenvalue weighted by Crippen LogP contribution is -2.33. The Morgan fingerprint density at radius 3 is 2.47 bits per heavy atom. The van der Waals surface area contributed by atoms with E-state index in [1.165, 1.54) is 17.7 Å². The van der Waals surface area contributed by atoms with Crippen LogP contribution in [0.2, 0.25) is 10.0 Å². The molecule has 0 aromatic heterocycles. The van der Waals surface area contributed by atoms with Crippen LogP contribution in [0.4, 0.5) is 18.9 Å². The van der Waals surface area contributed by atoms with Gasteiger partial charge < -0.3 is 10.6 Å². The number of hydrogen-bond acceptors (Lipinski definition) is 2. The number of benzene rings is 3. The molecule has 3 aromatic rings. The van der Waals surface area contributed by atoms with Gasteiger partial charge in [0.2, 0.25) is 0 Å². The number of nitrogen functional groups attached to an aromatic ring is 1. The first-order chi connectivity index (χ1) is 16.1. The number of carbonyl (C=O) groups excluding carboxylic acids is 1. The van der Waals surface area contributed by atoms with Crippen molar-refractivity contribution in [2.75, 3.05) is 12.3 Å². The van der Waals surface area contributed by atoms with Gasteiger partial charge in [0.25, 0.3) is 5.91 Å². The highest BCUT2D eigenvalue weighted by Crippen LogP contribution is 2.41. The molecule has 0 heterocycles. The molecule has 3 aromatic carbocycles. The molecule has 3 nitrogen and oxygen atoms in total. The van der Waals surface area contributed by atoms with Crippen LogP contribution in [0.3, 0.4) is 0 Å². The van der Waals surface area contributed by atoms with Crippen LogP contribution in [-0.2, 0) is 19.1 Å². The van der Waals surface area contributed by atoms with Crippen molar-refractivity contribution in [1.29, 1.82) is 0 Å². The van der Waals surface area contributed by atoms with Crippen LogP contribution in [0.25, 0.3) is 0 Å². The van der Waals surface area contributed by atoms with Crippen molar-refractivity contribution >= 4 is 34.8 Å². The first-order valence-corrected chi connectivity index (χ1v) is 11.7. The molecule has 1 fully saturated rings. The van der Waals surface area contributed by atoms with Gasteiger partial charge in [0.05, 0.1) is 11.1 Å². The van der Waals surface area contributed by atoms with Gasteiger partial charge in [-0.15, -0.1) is 0 Å². The lowest BCUT2D eigenvalue weighted by atomic mass is 10.0. The zero-order chi connectivity index (χ0) is 24.5. The van der Waals surface area contributed by atoms with Crippen LogP contribution in [0.5, 0.6) is 0 Å². The Balaban J connectivity index is 1.60. The van der Waals surface area contributed by atoms with E-state index in [0.717, 1.165) is 30.5 Å². The number of amides is 1. The van der Waals surface area contributed by atoms with Crippen LogP contribution < -0.4 is 5.73 Å². The average molecular weight is 507 g/mol. The average Bonchev–Trinajstić information content (AvgIpc) is 3.64. The highest BCUT2D eigenvalue weighted by atomic mass is 35.5. The Morgan fingerprint density at radius 2 is 1.79 bits per heavy atom. The van der Waals surface area contributed by atoms with Gasteiger partial charge in [0, 0.05) is 28.8 Å². The third-order valence-corrected chi connectivity index (χ3v) is 6.53.